The van der Waals surface area contributed by atoms with E-state index in [2.05, 4.69) is 23.1 Å². The van der Waals surface area contributed by atoms with Crippen LogP contribution in [-0.2, 0) is 0 Å². The van der Waals surface area contributed by atoms with Gasteiger partial charge in [0.05, 0.1) is 0 Å². The van der Waals surface area contributed by atoms with Crippen molar-refractivity contribution in [3.8, 4) is 0 Å². The van der Waals surface area contributed by atoms with Crippen molar-refractivity contribution in [3.05, 3.63) is 0 Å². The molecule has 0 heterocycles. The Labute approximate surface area is 108 Å². The van der Waals surface area contributed by atoms with Crippen LogP contribution >= 0.6 is 9.24 Å². The maximum atomic E-state index is 2.87. The Hall–Kier alpha value is 1.62. The quantitative estimate of drug-likeness (QED) is 0.492. The molecule has 0 aromatic rings. The fourth-order valence-electron chi connectivity index (χ4n) is 1.25. The van der Waals surface area contributed by atoms with Crippen molar-refractivity contribution >= 4 is 9.24 Å². The molecule has 0 aliphatic rings. The summed E-state index contributed by atoms with van der Waals surface area (Å²) in [6, 6.07) is 0. The summed E-state index contributed by atoms with van der Waals surface area (Å²) in [6.45, 7) is 4.54. The van der Waals surface area contributed by atoms with Crippen LogP contribution in [0.3, 0.4) is 0 Å². The van der Waals surface area contributed by atoms with Gasteiger partial charge in [0.1, 0.15) is 0 Å². The molecule has 0 N–H and O–H groups in total. The summed E-state index contributed by atoms with van der Waals surface area (Å²) in [5.74, 6) is 0. The van der Waals surface area contributed by atoms with Gasteiger partial charge in [-0.1, -0.05) is 52.4 Å². The van der Waals surface area contributed by atoms with Crippen molar-refractivity contribution in [2.45, 2.75) is 64.5 Å². The standard InChI is InChI=1S/C10H23P.La/c1-3-4-5-6-7-8-9-10(2)11;/h10H,3-9,11H2,1-2H3;. The third-order valence-electron chi connectivity index (χ3n) is 2.01. The molecule has 2 heteroatoms. The molecule has 0 saturated heterocycles. The van der Waals surface area contributed by atoms with E-state index in [1.807, 2.05) is 0 Å². The molecule has 0 spiro atoms. The van der Waals surface area contributed by atoms with Crippen LogP contribution in [0.15, 0.2) is 0 Å². The third kappa shape index (κ3) is 14.2. The second kappa shape index (κ2) is 12.6. The van der Waals surface area contributed by atoms with E-state index in [1.54, 1.807) is 0 Å². The van der Waals surface area contributed by atoms with E-state index in [0.717, 1.165) is 5.66 Å². The van der Waals surface area contributed by atoms with E-state index in [0.29, 0.717) is 0 Å². The minimum atomic E-state index is 0. The van der Waals surface area contributed by atoms with Gasteiger partial charge in [0.2, 0.25) is 0 Å². The van der Waals surface area contributed by atoms with Gasteiger partial charge >= 0.3 is 0 Å². The van der Waals surface area contributed by atoms with Gasteiger partial charge in [-0.3, -0.25) is 0 Å². The first-order valence-corrected chi connectivity index (χ1v) is 5.69. The molecular formula is C10H23LaP. The molecule has 0 aliphatic heterocycles. The predicted octanol–water partition coefficient (Wildman–Crippen LogP) is 4.00. The summed E-state index contributed by atoms with van der Waals surface area (Å²) in [4.78, 5) is 0. The summed E-state index contributed by atoms with van der Waals surface area (Å²) < 4.78 is 0. The van der Waals surface area contributed by atoms with Gasteiger partial charge in [-0.15, -0.1) is 9.24 Å². The van der Waals surface area contributed by atoms with Crippen LogP contribution in [0.25, 0.3) is 0 Å². The van der Waals surface area contributed by atoms with Gasteiger partial charge in [0.15, 0.2) is 0 Å². The molecular weight excluding hydrogens is 290 g/mol. The second-order valence-corrected chi connectivity index (χ2v) is 4.67. The third-order valence-corrected chi connectivity index (χ3v) is 2.35. The first-order chi connectivity index (χ1) is 5.27. The Morgan fingerprint density at radius 3 is 2.00 bits per heavy atom. The van der Waals surface area contributed by atoms with Gasteiger partial charge in [-0.25, -0.2) is 0 Å². The van der Waals surface area contributed by atoms with Gasteiger partial charge in [0.25, 0.3) is 0 Å². The van der Waals surface area contributed by atoms with E-state index in [-0.39, 0.29) is 35.6 Å². The Bertz CT molecular complexity index is 74.2. The van der Waals surface area contributed by atoms with E-state index in [4.69, 9.17) is 0 Å². The SMILES string of the molecule is CCCCCCCCC(C)P.[La]. The van der Waals surface area contributed by atoms with Crippen LogP contribution in [0.2, 0.25) is 0 Å². The molecule has 2 atom stereocenters. The van der Waals surface area contributed by atoms with Crippen LogP contribution in [0, 0.1) is 35.6 Å². The molecule has 0 aromatic heterocycles. The number of unbranched alkanes of at least 4 members (excludes halogenated alkanes) is 5. The first kappa shape index (κ1) is 16.1. The van der Waals surface area contributed by atoms with Gasteiger partial charge < -0.3 is 0 Å². The zero-order valence-electron chi connectivity index (χ0n) is 8.68. The topological polar surface area (TPSA) is 0 Å². The summed E-state index contributed by atoms with van der Waals surface area (Å²) >= 11 is 0. The molecule has 0 aromatic carbocycles. The minimum absolute atomic E-state index is 0. The van der Waals surface area contributed by atoms with Crippen LogP contribution in [0.1, 0.15) is 58.8 Å². The van der Waals surface area contributed by atoms with E-state index in [1.165, 1.54) is 44.9 Å². The molecule has 0 saturated carbocycles. The van der Waals surface area contributed by atoms with Crippen molar-refractivity contribution in [3.63, 3.8) is 0 Å². The van der Waals surface area contributed by atoms with Crippen LogP contribution in [0.5, 0.6) is 0 Å². The van der Waals surface area contributed by atoms with Crippen LogP contribution < -0.4 is 0 Å². The number of hydrogen-bond acceptors (Lipinski definition) is 0. The van der Waals surface area contributed by atoms with Crippen molar-refractivity contribution in [1.29, 1.82) is 0 Å². The predicted molar refractivity (Wildman–Crippen MR) is 57.2 cm³/mol. The molecule has 71 valence electrons. The van der Waals surface area contributed by atoms with Crippen LogP contribution in [-0.4, -0.2) is 5.66 Å². The Kier molecular flexibility index (Phi) is 16.9. The Morgan fingerprint density at radius 2 is 1.50 bits per heavy atom. The fraction of sp³-hybridized carbons (Fsp3) is 1.00. The molecule has 12 heavy (non-hydrogen) atoms. The molecule has 2 unspecified atom stereocenters. The summed E-state index contributed by atoms with van der Waals surface area (Å²) in [5.41, 5.74) is 0.821. The normalized spacial score (nSPS) is 12.2. The van der Waals surface area contributed by atoms with Gasteiger partial charge in [-0.05, 0) is 12.1 Å². The summed E-state index contributed by atoms with van der Waals surface area (Å²) in [6.07, 6.45) is 9.94. The average Bonchev–Trinajstić information content (AvgIpc) is 1.96. The van der Waals surface area contributed by atoms with Crippen molar-refractivity contribution < 1.29 is 35.6 Å². The maximum absolute atomic E-state index is 2.87. The Balaban J connectivity index is 0. The molecule has 0 amide bonds. The molecule has 0 aliphatic carbocycles. The smallest absolute Gasteiger partial charge is 0 e. The molecule has 0 bridgehead atoms. The minimum Gasteiger partial charge on any atom is -0.135 e. The zero-order chi connectivity index (χ0) is 8.53. The van der Waals surface area contributed by atoms with E-state index >= 15 is 0 Å². The molecule has 0 rings (SSSR count). The summed E-state index contributed by atoms with van der Waals surface area (Å²) in [5, 5.41) is 0. The molecule has 0 nitrogen and oxygen atoms in total. The second-order valence-electron chi connectivity index (χ2n) is 3.53. The van der Waals surface area contributed by atoms with Crippen molar-refractivity contribution in [2.24, 2.45) is 0 Å². The molecule has 1 radical (unpaired) electrons. The monoisotopic (exact) mass is 313 g/mol. The van der Waals surface area contributed by atoms with Crippen molar-refractivity contribution in [2.75, 3.05) is 0 Å². The van der Waals surface area contributed by atoms with Crippen LogP contribution in [0.4, 0.5) is 0 Å². The van der Waals surface area contributed by atoms with E-state index in [9.17, 15) is 0 Å². The maximum Gasteiger partial charge on any atom is 0 e. The first-order valence-electron chi connectivity index (χ1n) is 5.03. The largest absolute Gasteiger partial charge is 0.135 e. The summed E-state index contributed by atoms with van der Waals surface area (Å²) in [7, 11) is 2.87. The number of rotatable bonds is 7. The van der Waals surface area contributed by atoms with Crippen molar-refractivity contribution in [1.82, 2.24) is 0 Å². The Morgan fingerprint density at radius 1 is 1.00 bits per heavy atom. The van der Waals surface area contributed by atoms with E-state index < -0.39 is 0 Å². The van der Waals surface area contributed by atoms with Gasteiger partial charge in [0, 0.05) is 35.6 Å². The fourth-order valence-corrected chi connectivity index (χ4v) is 1.48. The number of hydrogen-bond donors (Lipinski definition) is 0. The van der Waals surface area contributed by atoms with Gasteiger partial charge in [-0.2, -0.15) is 0 Å². The zero-order valence-corrected chi connectivity index (χ0v) is 13.5. The average molecular weight is 313 g/mol. The molecule has 0 fully saturated rings.